The third-order valence-corrected chi connectivity index (χ3v) is 4.14. The maximum Gasteiger partial charge on any atom is 0.224 e. The second-order valence-electron chi connectivity index (χ2n) is 6.39. The molecule has 0 aliphatic carbocycles. The van der Waals surface area contributed by atoms with Crippen LogP contribution in [0.3, 0.4) is 0 Å². The molecule has 0 atom stereocenters. The van der Waals surface area contributed by atoms with E-state index in [9.17, 15) is 4.79 Å². The molecule has 5 nitrogen and oxygen atoms in total. The van der Waals surface area contributed by atoms with Crippen molar-refractivity contribution in [2.45, 2.75) is 33.2 Å². The molecule has 1 heterocycles. The molecule has 0 saturated heterocycles. The van der Waals surface area contributed by atoms with E-state index in [1.54, 1.807) is 14.2 Å². The second-order valence-corrected chi connectivity index (χ2v) is 6.39. The number of amides is 1. The highest BCUT2D eigenvalue weighted by atomic mass is 16.5. The van der Waals surface area contributed by atoms with Crippen LogP contribution in [0.4, 0.5) is 0 Å². The lowest BCUT2D eigenvalue weighted by atomic mass is 9.98. The second kappa shape index (κ2) is 8.20. The van der Waals surface area contributed by atoms with Crippen molar-refractivity contribution in [2.75, 3.05) is 33.9 Å². The van der Waals surface area contributed by atoms with Gasteiger partial charge in [-0.05, 0) is 42.1 Å². The van der Waals surface area contributed by atoms with Gasteiger partial charge in [-0.2, -0.15) is 0 Å². The van der Waals surface area contributed by atoms with Crippen molar-refractivity contribution in [1.29, 1.82) is 0 Å². The SMILES string of the molecule is COc1cc2c(cc1OC)CN(C(=O)CCNCC(C)C)CC2. The predicted octanol–water partition coefficient (Wildman–Crippen LogP) is 2.22. The van der Waals surface area contributed by atoms with E-state index in [4.69, 9.17) is 9.47 Å². The standard InChI is InChI=1S/C18H28N2O3/c1-13(2)11-19-7-5-18(21)20-8-6-14-9-16(22-3)17(23-4)10-15(14)12-20/h9-10,13,19H,5-8,11-12H2,1-4H3. The summed E-state index contributed by atoms with van der Waals surface area (Å²) in [6.45, 7) is 7.44. The van der Waals surface area contributed by atoms with E-state index >= 15 is 0 Å². The van der Waals surface area contributed by atoms with E-state index in [-0.39, 0.29) is 5.91 Å². The van der Waals surface area contributed by atoms with Gasteiger partial charge in [0.15, 0.2) is 11.5 Å². The van der Waals surface area contributed by atoms with Gasteiger partial charge in [0.05, 0.1) is 14.2 Å². The van der Waals surface area contributed by atoms with Crippen LogP contribution in [0.5, 0.6) is 11.5 Å². The summed E-state index contributed by atoms with van der Waals surface area (Å²) in [4.78, 5) is 14.3. The van der Waals surface area contributed by atoms with Crippen LogP contribution in [-0.2, 0) is 17.8 Å². The number of nitrogens with one attached hydrogen (secondary N) is 1. The third kappa shape index (κ3) is 4.61. The molecule has 0 saturated carbocycles. The maximum absolute atomic E-state index is 12.4. The van der Waals surface area contributed by atoms with E-state index in [1.165, 1.54) is 5.56 Å². The summed E-state index contributed by atoms with van der Waals surface area (Å²) in [7, 11) is 3.28. The molecule has 1 aromatic carbocycles. The van der Waals surface area contributed by atoms with Gasteiger partial charge in [-0.15, -0.1) is 0 Å². The lowest BCUT2D eigenvalue weighted by Gasteiger charge is -2.29. The maximum atomic E-state index is 12.4. The normalized spacial score (nSPS) is 13.9. The van der Waals surface area contributed by atoms with Gasteiger partial charge in [0.1, 0.15) is 0 Å². The smallest absolute Gasteiger partial charge is 0.224 e. The number of hydrogen-bond donors (Lipinski definition) is 1. The quantitative estimate of drug-likeness (QED) is 0.783. The Balaban J connectivity index is 1.95. The molecule has 1 amide bonds. The highest BCUT2D eigenvalue weighted by Crippen LogP contribution is 2.33. The van der Waals surface area contributed by atoms with Crippen molar-refractivity contribution in [1.82, 2.24) is 10.2 Å². The van der Waals surface area contributed by atoms with Crippen LogP contribution in [0.1, 0.15) is 31.4 Å². The molecule has 0 aromatic heterocycles. The van der Waals surface area contributed by atoms with Gasteiger partial charge < -0.3 is 19.7 Å². The van der Waals surface area contributed by atoms with Crippen molar-refractivity contribution in [3.63, 3.8) is 0 Å². The number of hydrogen-bond acceptors (Lipinski definition) is 4. The van der Waals surface area contributed by atoms with E-state index in [2.05, 4.69) is 19.2 Å². The van der Waals surface area contributed by atoms with E-state index in [1.807, 2.05) is 17.0 Å². The minimum absolute atomic E-state index is 0.210. The Morgan fingerprint density at radius 1 is 1.22 bits per heavy atom. The van der Waals surface area contributed by atoms with Crippen LogP contribution < -0.4 is 14.8 Å². The first-order chi connectivity index (χ1) is 11.0. The number of benzene rings is 1. The Kier molecular flexibility index (Phi) is 6.28. The van der Waals surface area contributed by atoms with Crippen molar-refractivity contribution in [3.8, 4) is 11.5 Å². The molecule has 1 N–H and O–H groups in total. The minimum Gasteiger partial charge on any atom is -0.493 e. The van der Waals surface area contributed by atoms with Gasteiger partial charge >= 0.3 is 0 Å². The van der Waals surface area contributed by atoms with Gasteiger partial charge in [-0.3, -0.25) is 4.79 Å². The van der Waals surface area contributed by atoms with E-state index in [0.29, 0.717) is 18.9 Å². The van der Waals surface area contributed by atoms with Crippen LogP contribution >= 0.6 is 0 Å². The molecule has 1 aromatic rings. The topological polar surface area (TPSA) is 50.8 Å². The van der Waals surface area contributed by atoms with Crippen LogP contribution in [0.2, 0.25) is 0 Å². The Morgan fingerprint density at radius 2 is 1.87 bits per heavy atom. The first-order valence-corrected chi connectivity index (χ1v) is 8.27. The highest BCUT2D eigenvalue weighted by Gasteiger charge is 2.22. The summed E-state index contributed by atoms with van der Waals surface area (Å²) < 4.78 is 10.7. The van der Waals surface area contributed by atoms with E-state index < -0.39 is 0 Å². The van der Waals surface area contributed by atoms with Crippen LogP contribution in [0.25, 0.3) is 0 Å². The fraction of sp³-hybridized carbons (Fsp3) is 0.611. The van der Waals surface area contributed by atoms with Gasteiger partial charge in [0.25, 0.3) is 0 Å². The molecule has 128 valence electrons. The minimum atomic E-state index is 0.210. The zero-order valence-corrected chi connectivity index (χ0v) is 14.6. The Hall–Kier alpha value is -1.75. The molecule has 0 unspecified atom stereocenters. The largest absolute Gasteiger partial charge is 0.493 e. The summed E-state index contributed by atoms with van der Waals surface area (Å²) in [6, 6.07) is 4.02. The molecule has 0 spiro atoms. The average molecular weight is 320 g/mol. The molecule has 0 fully saturated rings. The van der Waals surface area contributed by atoms with Crippen molar-refractivity contribution >= 4 is 5.91 Å². The van der Waals surface area contributed by atoms with Crippen LogP contribution in [-0.4, -0.2) is 44.7 Å². The summed E-state index contributed by atoms with van der Waals surface area (Å²) in [5.74, 6) is 2.29. The van der Waals surface area contributed by atoms with Crippen LogP contribution in [0.15, 0.2) is 12.1 Å². The number of ether oxygens (including phenoxy) is 2. The first-order valence-electron chi connectivity index (χ1n) is 8.27. The van der Waals surface area contributed by atoms with Crippen LogP contribution in [0, 0.1) is 5.92 Å². The van der Waals surface area contributed by atoms with Gasteiger partial charge in [-0.25, -0.2) is 0 Å². The van der Waals surface area contributed by atoms with Gasteiger partial charge in [0.2, 0.25) is 5.91 Å². The highest BCUT2D eigenvalue weighted by molar-refractivity contribution is 5.76. The summed E-state index contributed by atoms with van der Waals surface area (Å²) in [5, 5.41) is 3.32. The van der Waals surface area contributed by atoms with Crippen molar-refractivity contribution in [3.05, 3.63) is 23.3 Å². The fourth-order valence-corrected chi connectivity index (χ4v) is 2.84. The van der Waals surface area contributed by atoms with E-state index in [0.717, 1.165) is 43.1 Å². The number of fused-ring (bicyclic) bond motifs is 1. The molecular formula is C18H28N2O3. The monoisotopic (exact) mass is 320 g/mol. The number of carbonyl (C=O) groups excluding carboxylic acids is 1. The summed E-state index contributed by atoms with van der Waals surface area (Å²) in [5.41, 5.74) is 2.39. The molecule has 1 aliphatic rings. The first kappa shape index (κ1) is 17.6. The molecule has 5 heteroatoms. The number of nitrogens with zero attached hydrogens (tertiary/aromatic N) is 1. The van der Waals surface area contributed by atoms with Crippen molar-refractivity contribution in [2.24, 2.45) is 5.92 Å². The molecule has 23 heavy (non-hydrogen) atoms. The molecule has 2 rings (SSSR count). The Labute approximate surface area is 139 Å². The molecule has 1 aliphatic heterocycles. The molecule has 0 bridgehead atoms. The lowest BCUT2D eigenvalue weighted by Crippen LogP contribution is -2.37. The van der Waals surface area contributed by atoms with Gasteiger partial charge in [0, 0.05) is 26.1 Å². The van der Waals surface area contributed by atoms with Gasteiger partial charge in [-0.1, -0.05) is 13.8 Å². The average Bonchev–Trinajstić information content (AvgIpc) is 2.56. The zero-order chi connectivity index (χ0) is 16.8. The molecule has 0 radical (unpaired) electrons. The molecular weight excluding hydrogens is 292 g/mol. The zero-order valence-electron chi connectivity index (χ0n) is 14.6. The number of methoxy groups -OCH3 is 2. The predicted molar refractivity (Wildman–Crippen MR) is 91.0 cm³/mol. The Bertz CT molecular complexity index is 543. The van der Waals surface area contributed by atoms with Crippen molar-refractivity contribution < 1.29 is 14.3 Å². The Morgan fingerprint density at radius 3 is 2.48 bits per heavy atom. The lowest BCUT2D eigenvalue weighted by molar-refractivity contribution is -0.132. The number of rotatable bonds is 7. The fourth-order valence-electron chi connectivity index (χ4n) is 2.84. The third-order valence-electron chi connectivity index (χ3n) is 4.14. The number of carbonyl (C=O) groups is 1. The summed E-state index contributed by atoms with van der Waals surface area (Å²) >= 11 is 0. The summed E-state index contributed by atoms with van der Waals surface area (Å²) in [6.07, 6.45) is 1.41.